The highest BCUT2D eigenvalue weighted by molar-refractivity contribution is 6.32. The number of hydrogen-bond donors (Lipinski definition) is 3. The van der Waals surface area contributed by atoms with E-state index >= 15 is 0 Å². The molecule has 12 nitrogen and oxygen atoms in total. The molecule has 3 aliphatic rings. The lowest BCUT2D eigenvalue weighted by atomic mass is 9.52. The molecule has 3 aliphatic carbocycles. The molecule has 0 heterocycles. The average molecular weight is 540 g/mol. The van der Waals surface area contributed by atoms with Crippen molar-refractivity contribution in [1.82, 2.24) is 4.90 Å². The van der Waals surface area contributed by atoms with E-state index in [0.29, 0.717) is 11.3 Å². The Morgan fingerprint density at radius 2 is 1.77 bits per heavy atom. The Bertz CT molecular complexity index is 1400. The molecule has 4 N–H and O–H groups in total. The van der Waals surface area contributed by atoms with Crippen molar-refractivity contribution in [2.75, 3.05) is 40.2 Å². The fraction of sp³-hybridized carbons (Fsp3) is 0.481. The number of fused-ring (bicyclic) bond motifs is 3. The van der Waals surface area contributed by atoms with Crippen LogP contribution in [0.25, 0.3) is 0 Å². The molecule has 0 aromatic heterocycles. The highest BCUT2D eigenvalue weighted by atomic mass is 16.5. The number of phenols is 1. The third kappa shape index (κ3) is 4.00. The molecule has 206 valence electrons. The molecule has 12 heteroatoms. The molecule has 1 aromatic rings. The van der Waals surface area contributed by atoms with E-state index in [1.54, 1.807) is 19.0 Å². The van der Waals surface area contributed by atoms with Crippen LogP contribution in [0, 0.1) is 35.5 Å². The molecule has 0 aliphatic heterocycles. The number of Topliss-reactive ketones (excluding diaryl/α,β-unsaturated/α-hetero) is 4. The summed E-state index contributed by atoms with van der Waals surface area (Å²) >= 11 is 0. The van der Waals surface area contributed by atoms with Crippen molar-refractivity contribution in [2.45, 2.75) is 24.5 Å². The van der Waals surface area contributed by atoms with E-state index in [-0.39, 0.29) is 24.0 Å². The number of ether oxygens (including phenoxy) is 1. The lowest BCUT2D eigenvalue weighted by Crippen LogP contribution is -2.74. The lowest BCUT2D eigenvalue weighted by molar-refractivity contribution is -0.181. The van der Waals surface area contributed by atoms with Crippen LogP contribution in [-0.2, 0) is 35.1 Å². The molecular weight excluding hydrogens is 510 g/mol. The number of carbonyl (C=O) groups excluding carboxylic acids is 6. The van der Waals surface area contributed by atoms with Crippen LogP contribution < -0.4 is 10.6 Å². The van der Waals surface area contributed by atoms with E-state index in [4.69, 9.17) is 5.73 Å². The van der Waals surface area contributed by atoms with Gasteiger partial charge >= 0.3 is 5.97 Å². The predicted octanol–water partition coefficient (Wildman–Crippen LogP) is -1.54. The largest absolute Gasteiger partial charge is 0.506 e. The number of phenolic OH excluding ortho intramolecular Hbond substituents is 1. The van der Waals surface area contributed by atoms with Gasteiger partial charge in [0.25, 0.3) is 0 Å². The second kappa shape index (κ2) is 9.59. The summed E-state index contributed by atoms with van der Waals surface area (Å²) in [6.07, 6.45) is 0.0546. The van der Waals surface area contributed by atoms with Crippen molar-refractivity contribution in [3.63, 3.8) is 0 Å². The van der Waals surface area contributed by atoms with Crippen LogP contribution in [0.15, 0.2) is 6.07 Å². The summed E-state index contributed by atoms with van der Waals surface area (Å²) in [4.78, 5) is 81.0. The maximum Gasteiger partial charge on any atom is 0.384 e. The molecule has 1 amide bonds. The number of anilines is 1. The van der Waals surface area contributed by atoms with Gasteiger partial charge in [0.15, 0.2) is 34.7 Å². The summed E-state index contributed by atoms with van der Waals surface area (Å²) < 4.78 is 4.50. The maximum absolute atomic E-state index is 13.9. The molecule has 0 saturated heterocycles. The molecule has 0 spiro atoms. The normalized spacial score (nSPS) is 29.6. The Balaban J connectivity index is 1.90. The lowest BCUT2D eigenvalue weighted by Gasteiger charge is -2.52. The minimum atomic E-state index is -2.81. The van der Waals surface area contributed by atoms with Crippen LogP contribution in [0.5, 0.6) is 5.75 Å². The Morgan fingerprint density at radius 1 is 1.13 bits per heavy atom. The second-order valence-corrected chi connectivity index (χ2v) is 10.6. The molecular formula is C27H29N3O9. The fourth-order valence-corrected chi connectivity index (χ4v) is 6.32. The van der Waals surface area contributed by atoms with E-state index in [1.165, 1.54) is 25.1 Å². The molecule has 39 heavy (non-hydrogen) atoms. The summed E-state index contributed by atoms with van der Waals surface area (Å²) in [6, 6.07) is 0.330. The van der Waals surface area contributed by atoms with Gasteiger partial charge in [0.2, 0.25) is 5.91 Å². The van der Waals surface area contributed by atoms with Gasteiger partial charge in [-0.3, -0.25) is 28.9 Å². The number of methoxy groups -OCH3 is 1. The molecule has 4 rings (SSSR count). The summed E-state index contributed by atoms with van der Waals surface area (Å²) in [5, 5.41) is 22.7. The smallest absolute Gasteiger partial charge is 0.384 e. The number of nitrogens with zero attached hydrogens (tertiary/aromatic N) is 2. The number of carbonyl (C=O) groups is 6. The molecule has 2 saturated carbocycles. The van der Waals surface area contributed by atoms with Crippen molar-refractivity contribution in [3.05, 3.63) is 22.8 Å². The summed E-state index contributed by atoms with van der Waals surface area (Å²) in [6.45, 7) is 0. The Labute approximate surface area is 224 Å². The van der Waals surface area contributed by atoms with E-state index < -0.39 is 76.1 Å². The molecule has 1 aromatic carbocycles. The average Bonchev–Trinajstić information content (AvgIpc) is 2.84. The predicted molar refractivity (Wildman–Crippen MR) is 135 cm³/mol. The number of aromatic hydroxyl groups is 1. The zero-order valence-electron chi connectivity index (χ0n) is 22.1. The Kier molecular flexibility index (Phi) is 6.87. The first kappa shape index (κ1) is 27.9. The maximum atomic E-state index is 13.9. The van der Waals surface area contributed by atoms with E-state index in [9.17, 15) is 39.0 Å². The topological polar surface area (TPSA) is 185 Å². The first-order chi connectivity index (χ1) is 18.2. The first-order valence-electron chi connectivity index (χ1n) is 12.2. The number of ketones is 4. The highest BCUT2D eigenvalue weighted by Gasteiger charge is 2.69. The number of aliphatic hydroxyl groups is 1. The third-order valence-electron chi connectivity index (χ3n) is 8.00. The van der Waals surface area contributed by atoms with Gasteiger partial charge in [-0.15, -0.1) is 0 Å². The van der Waals surface area contributed by atoms with Crippen LogP contribution in [-0.4, -0.2) is 97.1 Å². The van der Waals surface area contributed by atoms with Gasteiger partial charge in [-0.25, -0.2) is 4.79 Å². The highest BCUT2D eigenvalue weighted by Crippen LogP contribution is 2.52. The number of benzene rings is 1. The zero-order valence-corrected chi connectivity index (χ0v) is 22.1. The number of rotatable bonds is 3. The van der Waals surface area contributed by atoms with E-state index in [1.807, 2.05) is 0 Å². The third-order valence-corrected chi connectivity index (χ3v) is 8.00. The minimum absolute atomic E-state index is 0.0541. The molecule has 6 atom stereocenters. The van der Waals surface area contributed by atoms with Gasteiger partial charge < -0.3 is 25.6 Å². The summed E-state index contributed by atoms with van der Waals surface area (Å²) in [5.41, 5.74) is 3.19. The van der Waals surface area contributed by atoms with Crippen LogP contribution >= 0.6 is 0 Å². The van der Waals surface area contributed by atoms with Crippen molar-refractivity contribution in [1.29, 1.82) is 0 Å². The monoisotopic (exact) mass is 539 g/mol. The van der Waals surface area contributed by atoms with Crippen molar-refractivity contribution >= 4 is 40.7 Å². The van der Waals surface area contributed by atoms with Gasteiger partial charge in [0.05, 0.1) is 30.2 Å². The van der Waals surface area contributed by atoms with Gasteiger partial charge in [0, 0.05) is 31.6 Å². The second-order valence-electron chi connectivity index (χ2n) is 10.6. The van der Waals surface area contributed by atoms with Crippen LogP contribution in [0.3, 0.4) is 0 Å². The summed E-state index contributed by atoms with van der Waals surface area (Å²) in [7, 11) is 7.59. The van der Waals surface area contributed by atoms with Gasteiger partial charge in [0.1, 0.15) is 5.75 Å². The Hall–Kier alpha value is -4.08. The van der Waals surface area contributed by atoms with Gasteiger partial charge in [-0.1, -0.05) is 5.92 Å². The molecule has 0 bridgehead atoms. The van der Waals surface area contributed by atoms with Crippen LogP contribution in [0.2, 0.25) is 0 Å². The van der Waals surface area contributed by atoms with Crippen molar-refractivity contribution in [2.24, 2.45) is 29.4 Å². The van der Waals surface area contributed by atoms with Gasteiger partial charge in [-0.05, 0) is 44.5 Å². The number of esters is 1. The van der Waals surface area contributed by atoms with Crippen LogP contribution in [0.1, 0.15) is 27.9 Å². The summed E-state index contributed by atoms with van der Waals surface area (Å²) in [5.74, 6) is -7.64. The van der Waals surface area contributed by atoms with Crippen LogP contribution in [0.4, 0.5) is 5.69 Å². The first-order valence-corrected chi connectivity index (χ1v) is 12.2. The SMILES string of the molecule is COC(=O)C#Cc1cc(N(C)C)c2c(c1O)C(=O)C1C(=O)[C@]3(O)C(=O)C(C(N)=O)C(=O)[C@H](N(C)C)[C@@H]3C[C@@H]1C2. The molecule has 2 unspecified atom stereocenters. The number of primary amides is 1. The molecule has 2 fully saturated rings. The number of likely N-dealkylation sites (N-methyl/N-ethyl adjacent to an activating group) is 1. The zero-order chi connectivity index (χ0) is 29.1. The molecule has 0 radical (unpaired) electrons. The minimum Gasteiger partial charge on any atom is -0.506 e. The van der Waals surface area contributed by atoms with Crippen molar-refractivity contribution in [3.8, 4) is 17.6 Å². The number of nitrogens with two attached hydrogens (primary N) is 1. The quantitative estimate of drug-likeness (QED) is 0.230. The Morgan fingerprint density at radius 3 is 2.31 bits per heavy atom. The van der Waals surface area contributed by atoms with E-state index in [2.05, 4.69) is 16.6 Å². The van der Waals surface area contributed by atoms with Gasteiger partial charge in [-0.2, -0.15) is 0 Å². The number of amides is 1. The van der Waals surface area contributed by atoms with E-state index in [0.717, 1.165) is 7.11 Å². The standard InChI is InChI=1S/C27H29N3O9/c1-29(2)15-10-11(6-7-16(31)39-5)21(32)18-13(15)8-12-9-14-20(30(3)4)23(34)19(26(28)37)25(36)27(14,38)24(35)17(12)22(18)33/h10,12,14,17,19-20,32,38H,8-9H2,1-5H3,(H2,28,37)/t12-,14-,17?,19?,20+,27-/m0/s1. The number of hydrogen-bond acceptors (Lipinski definition) is 11. The fourth-order valence-electron chi connectivity index (χ4n) is 6.32. The van der Waals surface area contributed by atoms with Crippen molar-refractivity contribution < 1.29 is 43.7 Å².